The Balaban J connectivity index is 1.96. The average Bonchev–Trinajstić information content (AvgIpc) is 2.69. The summed E-state index contributed by atoms with van der Waals surface area (Å²) in [5.41, 5.74) is 0.856. The number of hydrogen-bond donors (Lipinski definition) is 0. The van der Waals surface area contributed by atoms with Gasteiger partial charge in [0, 0.05) is 13.1 Å². The van der Waals surface area contributed by atoms with E-state index in [-0.39, 0.29) is 0 Å². The predicted molar refractivity (Wildman–Crippen MR) is 65.3 cm³/mol. The van der Waals surface area contributed by atoms with Gasteiger partial charge in [0.2, 0.25) is 10.0 Å². The van der Waals surface area contributed by atoms with Crippen molar-refractivity contribution in [3.8, 4) is 0 Å². The van der Waals surface area contributed by atoms with Gasteiger partial charge in [0.25, 0.3) is 0 Å². The van der Waals surface area contributed by atoms with Crippen LogP contribution in [0.4, 0.5) is 0 Å². The summed E-state index contributed by atoms with van der Waals surface area (Å²) in [5, 5.41) is 8.12. The van der Waals surface area contributed by atoms with Gasteiger partial charge in [-0.2, -0.15) is 5.10 Å². The summed E-state index contributed by atoms with van der Waals surface area (Å²) in [5.74, 6) is 0.320. The summed E-state index contributed by atoms with van der Waals surface area (Å²) < 4.78 is 24.2. The molecule has 1 aromatic rings. The number of sulfonamides is 1. The first-order valence-electron chi connectivity index (χ1n) is 5.38. The molecule has 1 atom stereocenters. The van der Waals surface area contributed by atoms with Gasteiger partial charge in [-0.1, -0.05) is 11.6 Å². The Kier molecular flexibility index (Phi) is 3.65. The highest BCUT2D eigenvalue weighted by molar-refractivity contribution is 7.88. The fourth-order valence-electron chi connectivity index (χ4n) is 2.01. The number of nitrogens with zero attached hydrogens (tertiary/aromatic N) is 3. The zero-order valence-electron chi connectivity index (χ0n) is 9.50. The van der Waals surface area contributed by atoms with Crippen molar-refractivity contribution in [3.05, 3.63) is 23.0 Å². The van der Waals surface area contributed by atoms with Crippen molar-refractivity contribution in [1.82, 2.24) is 14.5 Å². The Morgan fingerprint density at radius 2 is 2.24 bits per heavy atom. The van der Waals surface area contributed by atoms with Crippen LogP contribution >= 0.6 is 11.6 Å². The molecule has 1 aliphatic heterocycles. The van der Waals surface area contributed by atoms with Crippen LogP contribution in [-0.2, 0) is 16.4 Å². The molecule has 0 bridgehead atoms. The number of hydrogen-bond acceptors (Lipinski definition) is 4. The zero-order chi connectivity index (χ0) is 12.5. The maximum Gasteiger partial charge on any atom is 0.211 e. The Morgan fingerprint density at radius 1 is 1.47 bits per heavy atom. The number of rotatable bonds is 3. The lowest BCUT2D eigenvalue weighted by atomic mass is 10.0. The van der Waals surface area contributed by atoms with Crippen molar-refractivity contribution in [1.29, 1.82) is 0 Å². The second-order valence-corrected chi connectivity index (χ2v) is 6.70. The minimum Gasteiger partial charge on any atom is -0.213 e. The van der Waals surface area contributed by atoms with Crippen LogP contribution in [0.15, 0.2) is 12.1 Å². The first-order chi connectivity index (χ1) is 7.95. The standard InChI is InChI=1S/C10H14ClN3O2S/c1-17(15,16)14-5-4-8(7-14)6-9-2-3-10(11)13-12-9/h2-3,8H,4-7H2,1H3/t8-/m1/s1. The van der Waals surface area contributed by atoms with E-state index in [1.54, 1.807) is 6.07 Å². The van der Waals surface area contributed by atoms with Gasteiger partial charge in [-0.25, -0.2) is 12.7 Å². The van der Waals surface area contributed by atoms with Gasteiger partial charge in [0.1, 0.15) is 0 Å². The maximum absolute atomic E-state index is 11.4. The molecular formula is C10H14ClN3O2S. The van der Waals surface area contributed by atoms with Crippen molar-refractivity contribution in [2.24, 2.45) is 5.92 Å². The van der Waals surface area contributed by atoms with Crippen LogP contribution in [-0.4, -0.2) is 42.3 Å². The monoisotopic (exact) mass is 275 g/mol. The van der Waals surface area contributed by atoms with Crippen molar-refractivity contribution in [2.75, 3.05) is 19.3 Å². The van der Waals surface area contributed by atoms with Gasteiger partial charge >= 0.3 is 0 Å². The molecule has 1 fully saturated rings. The summed E-state index contributed by atoms with van der Waals surface area (Å²) >= 11 is 5.65. The Labute approximate surface area is 106 Å². The zero-order valence-corrected chi connectivity index (χ0v) is 11.1. The van der Waals surface area contributed by atoms with Crippen LogP contribution in [0.25, 0.3) is 0 Å². The molecule has 0 radical (unpaired) electrons. The summed E-state index contributed by atoms with van der Waals surface area (Å²) in [6.07, 6.45) is 2.87. The summed E-state index contributed by atoms with van der Waals surface area (Å²) in [6.45, 7) is 1.17. The molecule has 0 spiro atoms. The summed E-state index contributed by atoms with van der Waals surface area (Å²) in [7, 11) is -3.06. The largest absolute Gasteiger partial charge is 0.213 e. The van der Waals surface area contributed by atoms with Crippen LogP contribution in [0.5, 0.6) is 0 Å². The third-order valence-corrected chi connectivity index (χ3v) is 4.37. The van der Waals surface area contributed by atoms with E-state index in [1.165, 1.54) is 10.6 Å². The molecule has 94 valence electrons. The van der Waals surface area contributed by atoms with Gasteiger partial charge in [-0.15, -0.1) is 5.10 Å². The minimum atomic E-state index is -3.06. The topological polar surface area (TPSA) is 63.2 Å². The third-order valence-electron chi connectivity index (χ3n) is 2.90. The first kappa shape index (κ1) is 12.7. The van der Waals surface area contributed by atoms with Crippen LogP contribution in [0.1, 0.15) is 12.1 Å². The van der Waals surface area contributed by atoms with Gasteiger partial charge in [-0.05, 0) is 30.9 Å². The molecule has 0 aromatic carbocycles. The smallest absolute Gasteiger partial charge is 0.211 e. The quantitative estimate of drug-likeness (QED) is 0.824. The first-order valence-corrected chi connectivity index (χ1v) is 7.61. The molecule has 0 aliphatic carbocycles. The molecule has 5 nitrogen and oxygen atoms in total. The second-order valence-electron chi connectivity index (χ2n) is 4.33. The van der Waals surface area contributed by atoms with Gasteiger partial charge in [0.05, 0.1) is 11.9 Å². The molecule has 0 saturated carbocycles. The van der Waals surface area contributed by atoms with Gasteiger partial charge < -0.3 is 0 Å². The highest BCUT2D eigenvalue weighted by Crippen LogP contribution is 2.21. The van der Waals surface area contributed by atoms with Crippen LogP contribution in [0, 0.1) is 5.92 Å². The van der Waals surface area contributed by atoms with E-state index in [0.717, 1.165) is 18.5 Å². The minimum absolute atomic E-state index is 0.320. The van der Waals surface area contributed by atoms with Gasteiger partial charge in [0.15, 0.2) is 5.15 Å². The molecule has 17 heavy (non-hydrogen) atoms. The molecular weight excluding hydrogens is 262 g/mol. The van der Waals surface area contributed by atoms with Crippen LogP contribution < -0.4 is 0 Å². The molecule has 2 rings (SSSR count). The van der Waals surface area contributed by atoms with Crippen molar-refractivity contribution in [2.45, 2.75) is 12.8 Å². The van der Waals surface area contributed by atoms with Crippen molar-refractivity contribution >= 4 is 21.6 Å². The molecule has 0 unspecified atom stereocenters. The van der Waals surface area contributed by atoms with E-state index in [9.17, 15) is 8.42 Å². The molecule has 1 saturated heterocycles. The summed E-state index contributed by atoms with van der Waals surface area (Å²) in [4.78, 5) is 0. The van der Waals surface area contributed by atoms with E-state index >= 15 is 0 Å². The van der Waals surface area contributed by atoms with E-state index in [0.29, 0.717) is 24.2 Å². The number of halogens is 1. The third kappa shape index (κ3) is 3.37. The fraction of sp³-hybridized carbons (Fsp3) is 0.600. The van der Waals surface area contributed by atoms with Crippen molar-refractivity contribution in [3.63, 3.8) is 0 Å². The average molecular weight is 276 g/mol. The van der Waals surface area contributed by atoms with E-state index < -0.39 is 10.0 Å². The molecule has 0 amide bonds. The molecule has 1 aliphatic rings. The fourth-order valence-corrected chi connectivity index (χ4v) is 3.03. The molecule has 0 N–H and O–H groups in total. The van der Waals surface area contributed by atoms with Crippen molar-refractivity contribution < 1.29 is 8.42 Å². The second kappa shape index (κ2) is 4.88. The van der Waals surface area contributed by atoms with E-state index in [1.807, 2.05) is 6.07 Å². The lowest BCUT2D eigenvalue weighted by Crippen LogP contribution is -2.27. The Bertz CT molecular complexity index is 489. The lowest BCUT2D eigenvalue weighted by Gasteiger charge is -2.12. The highest BCUT2D eigenvalue weighted by atomic mass is 35.5. The molecule has 7 heteroatoms. The molecule has 1 aromatic heterocycles. The van der Waals surface area contributed by atoms with E-state index in [4.69, 9.17) is 11.6 Å². The highest BCUT2D eigenvalue weighted by Gasteiger charge is 2.28. The Morgan fingerprint density at radius 3 is 2.76 bits per heavy atom. The van der Waals surface area contributed by atoms with Crippen LogP contribution in [0.2, 0.25) is 5.15 Å². The van der Waals surface area contributed by atoms with Gasteiger partial charge in [-0.3, -0.25) is 0 Å². The van der Waals surface area contributed by atoms with Crippen LogP contribution in [0.3, 0.4) is 0 Å². The normalized spacial score (nSPS) is 21.9. The van der Waals surface area contributed by atoms with E-state index in [2.05, 4.69) is 10.2 Å². The lowest BCUT2D eigenvalue weighted by molar-refractivity contribution is 0.458. The Hall–Kier alpha value is -0.720. The number of aromatic nitrogens is 2. The maximum atomic E-state index is 11.4. The molecule has 2 heterocycles. The SMILES string of the molecule is CS(=O)(=O)N1CC[C@H](Cc2ccc(Cl)nn2)C1. The predicted octanol–water partition coefficient (Wildman–Crippen LogP) is 0.954. The summed E-state index contributed by atoms with van der Waals surface area (Å²) in [6, 6.07) is 3.53.